The number of aliphatic hydroxyl groups is 1. The molecule has 1 heterocycles. The third-order valence-electron chi connectivity index (χ3n) is 4.38. The van der Waals surface area contributed by atoms with Gasteiger partial charge in [0.1, 0.15) is 19.8 Å². The molecule has 0 spiro atoms. The number of aliphatic hydroxyl groups excluding tert-OH is 1. The zero-order valence-corrected chi connectivity index (χ0v) is 18.1. The predicted octanol–water partition coefficient (Wildman–Crippen LogP) is 2.48. The number of nitrogens with one attached hydrogen (secondary N) is 2. The second kappa shape index (κ2) is 11.3. The van der Waals surface area contributed by atoms with Crippen molar-refractivity contribution in [1.29, 1.82) is 0 Å². The molecular weight excluding hydrogens is 440 g/mol. The van der Waals surface area contributed by atoms with Crippen molar-refractivity contribution in [3.8, 4) is 23.0 Å². The van der Waals surface area contributed by atoms with Crippen LogP contribution in [0.5, 0.6) is 23.0 Å². The lowest BCUT2D eigenvalue weighted by Gasteiger charge is -2.19. The summed E-state index contributed by atoms with van der Waals surface area (Å²) in [6, 6.07) is 9.81. The molecule has 7 nitrogen and oxygen atoms in total. The van der Waals surface area contributed by atoms with Crippen molar-refractivity contribution < 1.29 is 24.1 Å². The lowest BCUT2D eigenvalue weighted by molar-refractivity contribution is 0.171. The lowest BCUT2D eigenvalue weighted by Crippen LogP contribution is -2.28. The van der Waals surface area contributed by atoms with E-state index in [0.717, 1.165) is 40.2 Å². The smallest absolute Gasteiger partial charge is 0.175 e. The van der Waals surface area contributed by atoms with E-state index in [4.69, 9.17) is 24.1 Å². The van der Waals surface area contributed by atoms with E-state index in [2.05, 4.69) is 26.6 Å². The van der Waals surface area contributed by atoms with E-state index < -0.39 is 0 Å². The zero-order valence-electron chi connectivity index (χ0n) is 16.5. The molecule has 2 aromatic rings. The van der Waals surface area contributed by atoms with Crippen molar-refractivity contribution in [2.24, 2.45) is 0 Å². The number of rotatable bonds is 11. The third kappa shape index (κ3) is 6.24. The van der Waals surface area contributed by atoms with Gasteiger partial charge in [-0.05, 0) is 51.3 Å². The molecule has 0 unspecified atom stereocenters. The number of hydrogen-bond donors (Lipinski definition) is 3. The highest BCUT2D eigenvalue weighted by Gasteiger charge is 2.14. The highest BCUT2D eigenvalue weighted by molar-refractivity contribution is 9.10. The Labute approximate surface area is 179 Å². The summed E-state index contributed by atoms with van der Waals surface area (Å²) in [4.78, 5) is 0. The van der Waals surface area contributed by atoms with Crippen molar-refractivity contribution in [1.82, 2.24) is 10.6 Å². The summed E-state index contributed by atoms with van der Waals surface area (Å²) in [5.41, 5.74) is 2.08. The number of hydrogen-bond acceptors (Lipinski definition) is 7. The molecular formula is C21H27BrN2O5. The fraction of sp³-hybridized carbons (Fsp3) is 0.429. The van der Waals surface area contributed by atoms with Gasteiger partial charge in [0.15, 0.2) is 23.0 Å². The van der Waals surface area contributed by atoms with Gasteiger partial charge in [0.25, 0.3) is 0 Å². The van der Waals surface area contributed by atoms with Gasteiger partial charge in [0.2, 0.25) is 0 Å². The molecule has 0 saturated carbocycles. The second-order valence-corrected chi connectivity index (χ2v) is 7.38. The van der Waals surface area contributed by atoms with Crippen molar-refractivity contribution in [3.05, 3.63) is 45.9 Å². The van der Waals surface area contributed by atoms with Crippen LogP contribution in [-0.2, 0) is 13.2 Å². The van der Waals surface area contributed by atoms with Crippen LogP contribution in [0.4, 0.5) is 0 Å². The maximum absolute atomic E-state index is 8.76. The molecule has 1 aliphatic heterocycles. The average Bonchev–Trinajstić information content (AvgIpc) is 2.75. The van der Waals surface area contributed by atoms with Gasteiger partial charge in [-0.25, -0.2) is 0 Å². The molecule has 0 aliphatic carbocycles. The Kier molecular flexibility index (Phi) is 8.42. The minimum Gasteiger partial charge on any atom is -0.493 e. The van der Waals surface area contributed by atoms with Gasteiger partial charge in [-0.3, -0.25) is 0 Å². The minimum atomic E-state index is 0.151. The standard InChI is InChI=1S/C21H27BrN2O5/c1-26-20-12-16(13-24-5-4-23-6-7-25)10-17(22)21(20)29-14-15-2-3-18-19(11-15)28-9-8-27-18/h2-3,10-12,23-25H,4-9,13-14H2,1H3. The first-order valence-electron chi connectivity index (χ1n) is 9.61. The molecule has 0 fully saturated rings. The van der Waals surface area contributed by atoms with Crippen LogP contribution < -0.4 is 29.6 Å². The van der Waals surface area contributed by atoms with Crippen LogP contribution in [-0.4, -0.2) is 51.7 Å². The van der Waals surface area contributed by atoms with Gasteiger partial charge < -0.3 is 34.7 Å². The third-order valence-corrected chi connectivity index (χ3v) is 4.96. The summed E-state index contributed by atoms with van der Waals surface area (Å²) >= 11 is 3.60. The Morgan fingerprint density at radius 1 is 1.00 bits per heavy atom. The SMILES string of the molecule is COc1cc(CNCCNCCO)cc(Br)c1OCc1ccc2c(c1)OCCO2. The molecule has 0 saturated heterocycles. The molecule has 0 aromatic heterocycles. The second-order valence-electron chi connectivity index (χ2n) is 6.53. The number of ether oxygens (including phenoxy) is 4. The van der Waals surface area contributed by atoms with Crippen LogP contribution in [0, 0.1) is 0 Å². The number of benzene rings is 2. The zero-order chi connectivity index (χ0) is 20.5. The molecule has 3 N–H and O–H groups in total. The van der Waals surface area contributed by atoms with Gasteiger partial charge in [-0.2, -0.15) is 0 Å². The van der Waals surface area contributed by atoms with Crippen molar-refractivity contribution in [3.63, 3.8) is 0 Å². The Morgan fingerprint density at radius 2 is 1.79 bits per heavy atom. The first-order chi connectivity index (χ1) is 14.2. The Balaban J connectivity index is 1.59. The highest BCUT2D eigenvalue weighted by Crippen LogP contribution is 2.38. The molecule has 8 heteroatoms. The molecule has 29 heavy (non-hydrogen) atoms. The van der Waals surface area contributed by atoms with E-state index in [-0.39, 0.29) is 6.61 Å². The van der Waals surface area contributed by atoms with Gasteiger partial charge in [-0.1, -0.05) is 6.07 Å². The normalized spacial score (nSPS) is 12.7. The molecule has 3 rings (SSSR count). The Hall–Kier alpha value is -2.00. The molecule has 158 valence electrons. The van der Waals surface area contributed by atoms with Crippen molar-refractivity contribution >= 4 is 15.9 Å². The van der Waals surface area contributed by atoms with E-state index in [1.807, 2.05) is 30.3 Å². The fourth-order valence-electron chi connectivity index (χ4n) is 2.96. The number of fused-ring (bicyclic) bond motifs is 1. The molecule has 2 aromatic carbocycles. The first-order valence-corrected chi connectivity index (χ1v) is 10.4. The van der Waals surface area contributed by atoms with E-state index in [0.29, 0.717) is 44.4 Å². The summed E-state index contributed by atoms with van der Waals surface area (Å²) in [5.74, 6) is 2.85. The molecule has 0 amide bonds. The Morgan fingerprint density at radius 3 is 2.59 bits per heavy atom. The largest absolute Gasteiger partial charge is 0.493 e. The van der Waals surface area contributed by atoms with Crippen LogP contribution in [0.15, 0.2) is 34.8 Å². The first kappa shape index (κ1) is 21.7. The molecule has 0 atom stereocenters. The van der Waals surface area contributed by atoms with E-state index in [9.17, 15) is 0 Å². The number of halogens is 1. The van der Waals surface area contributed by atoms with Gasteiger partial charge in [0.05, 0.1) is 18.2 Å². The van der Waals surface area contributed by atoms with E-state index in [1.165, 1.54) is 0 Å². The molecule has 0 radical (unpaired) electrons. The van der Waals surface area contributed by atoms with Crippen molar-refractivity contribution in [2.75, 3.05) is 46.6 Å². The number of methoxy groups -OCH3 is 1. The monoisotopic (exact) mass is 466 g/mol. The van der Waals surface area contributed by atoms with E-state index in [1.54, 1.807) is 7.11 Å². The summed E-state index contributed by atoms with van der Waals surface area (Å²) in [5, 5.41) is 15.2. The van der Waals surface area contributed by atoms with E-state index >= 15 is 0 Å². The highest BCUT2D eigenvalue weighted by atomic mass is 79.9. The lowest BCUT2D eigenvalue weighted by atomic mass is 10.2. The summed E-state index contributed by atoms with van der Waals surface area (Å²) in [7, 11) is 1.63. The quantitative estimate of drug-likeness (QED) is 0.438. The van der Waals surface area contributed by atoms with Crippen LogP contribution in [0.1, 0.15) is 11.1 Å². The fourth-order valence-corrected chi connectivity index (χ4v) is 3.57. The van der Waals surface area contributed by atoms with Crippen LogP contribution in [0.2, 0.25) is 0 Å². The molecule has 1 aliphatic rings. The molecule has 0 bridgehead atoms. The summed E-state index contributed by atoms with van der Waals surface area (Å²) in [6.07, 6.45) is 0. The van der Waals surface area contributed by atoms with Crippen LogP contribution in [0.3, 0.4) is 0 Å². The van der Waals surface area contributed by atoms with Crippen LogP contribution >= 0.6 is 15.9 Å². The van der Waals surface area contributed by atoms with Gasteiger partial charge >= 0.3 is 0 Å². The minimum absolute atomic E-state index is 0.151. The van der Waals surface area contributed by atoms with Crippen LogP contribution in [0.25, 0.3) is 0 Å². The van der Waals surface area contributed by atoms with Crippen molar-refractivity contribution in [2.45, 2.75) is 13.2 Å². The van der Waals surface area contributed by atoms with Gasteiger partial charge in [0, 0.05) is 26.2 Å². The maximum atomic E-state index is 8.76. The van der Waals surface area contributed by atoms with Gasteiger partial charge in [-0.15, -0.1) is 0 Å². The summed E-state index contributed by atoms with van der Waals surface area (Å²) in [6.45, 7) is 4.60. The predicted molar refractivity (Wildman–Crippen MR) is 114 cm³/mol. The summed E-state index contributed by atoms with van der Waals surface area (Å²) < 4.78 is 23.6. The maximum Gasteiger partial charge on any atom is 0.175 e. The topological polar surface area (TPSA) is 81.2 Å². The Bertz CT molecular complexity index is 803. The average molecular weight is 467 g/mol.